The number of nitrogens with one attached hydrogen (secondary N) is 1. The van der Waals surface area contributed by atoms with Gasteiger partial charge in [-0.1, -0.05) is 42.5 Å². The zero-order chi connectivity index (χ0) is 19.8. The molecule has 1 unspecified atom stereocenters. The number of hydrogen-bond acceptors (Lipinski definition) is 4. The summed E-state index contributed by atoms with van der Waals surface area (Å²) in [6.07, 6.45) is 1.72. The predicted octanol–water partition coefficient (Wildman–Crippen LogP) is 3.18. The Morgan fingerprint density at radius 1 is 1.11 bits per heavy atom. The monoisotopic (exact) mass is 400 g/mol. The van der Waals surface area contributed by atoms with E-state index in [-0.39, 0.29) is 11.2 Å². The van der Waals surface area contributed by atoms with Gasteiger partial charge in [0, 0.05) is 47.2 Å². The van der Waals surface area contributed by atoms with Crippen LogP contribution in [0, 0.1) is 0 Å². The van der Waals surface area contributed by atoms with Crippen molar-refractivity contribution in [2.45, 2.75) is 30.4 Å². The van der Waals surface area contributed by atoms with Gasteiger partial charge in [-0.05, 0) is 43.1 Å². The van der Waals surface area contributed by atoms with E-state index in [0.29, 0.717) is 25.5 Å². The quantitative estimate of drug-likeness (QED) is 0.739. The van der Waals surface area contributed by atoms with E-state index < -0.39 is 10.8 Å². The van der Waals surface area contributed by atoms with Gasteiger partial charge in [-0.25, -0.2) is 0 Å². The Bertz CT molecular complexity index is 791. The Balaban J connectivity index is 1.50. The summed E-state index contributed by atoms with van der Waals surface area (Å²) in [5.41, 5.74) is 2.91. The van der Waals surface area contributed by atoms with Crippen LogP contribution in [-0.4, -0.2) is 47.1 Å². The van der Waals surface area contributed by atoms with Gasteiger partial charge in [0.2, 0.25) is 5.91 Å². The molecule has 150 valence electrons. The molecule has 0 aromatic heterocycles. The van der Waals surface area contributed by atoms with Crippen LogP contribution in [0.5, 0.6) is 0 Å². The van der Waals surface area contributed by atoms with Crippen molar-refractivity contribution in [2.75, 3.05) is 32.1 Å². The second kappa shape index (κ2) is 10.5. The number of carbonyl (C=O) groups excluding carboxylic acids is 1. The number of ether oxygens (including phenoxy) is 1. The average molecular weight is 401 g/mol. The van der Waals surface area contributed by atoms with Crippen molar-refractivity contribution in [3.8, 4) is 0 Å². The van der Waals surface area contributed by atoms with Crippen LogP contribution in [0.25, 0.3) is 0 Å². The van der Waals surface area contributed by atoms with Gasteiger partial charge in [0.1, 0.15) is 0 Å². The maximum absolute atomic E-state index is 12.6. The van der Waals surface area contributed by atoms with Crippen molar-refractivity contribution in [3.05, 3.63) is 65.7 Å². The highest BCUT2D eigenvalue weighted by Crippen LogP contribution is 2.19. The first-order chi connectivity index (χ1) is 13.6. The fourth-order valence-electron chi connectivity index (χ4n) is 3.36. The summed E-state index contributed by atoms with van der Waals surface area (Å²) in [5.74, 6) is 0.462. The van der Waals surface area contributed by atoms with Gasteiger partial charge in [0.25, 0.3) is 0 Å². The zero-order valence-corrected chi connectivity index (χ0v) is 17.1. The number of rotatable bonds is 8. The summed E-state index contributed by atoms with van der Waals surface area (Å²) in [6, 6.07) is 17.7. The molecule has 1 saturated heterocycles. The Kier molecular flexibility index (Phi) is 7.77. The molecule has 6 heteroatoms. The molecule has 28 heavy (non-hydrogen) atoms. The lowest BCUT2D eigenvalue weighted by Gasteiger charge is -2.21. The van der Waals surface area contributed by atoms with Crippen molar-refractivity contribution < 1.29 is 13.7 Å². The number of nitrogens with zero attached hydrogens (tertiary/aromatic N) is 1. The predicted molar refractivity (Wildman–Crippen MR) is 114 cm³/mol. The smallest absolute Gasteiger partial charge is 0.238 e. The molecule has 3 rings (SSSR count). The lowest BCUT2D eigenvalue weighted by molar-refractivity contribution is -0.117. The van der Waals surface area contributed by atoms with E-state index in [1.165, 1.54) is 5.56 Å². The Morgan fingerprint density at radius 3 is 2.57 bits per heavy atom. The van der Waals surface area contributed by atoms with Crippen molar-refractivity contribution in [1.82, 2.24) is 4.90 Å². The van der Waals surface area contributed by atoms with Crippen LogP contribution in [0.4, 0.5) is 5.69 Å². The van der Waals surface area contributed by atoms with Crippen molar-refractivity contribution in [1.29, 1.82) is 0 Å². The lowest BCUT2D eigenvalue weighted by atomic mass is 10.2. The molecule has 1 heterocycles. The molecular weight excluding hydrogens is 372 g/mol. The molecule has 0 bridgehead atoms. The molecule has 0 aliphatic carbocycles. The second-order valence-corrected chi connectivity index (χ2v) is 8.96. The molecule has 1 aliphatic heterocycles. The maximum Gasteiger partial charge on any atom is 0.238 e. The zero-order valence-electron chi connectivity index (χ0n) is 16.3. The third-order valence-electron chi connectivity index (χ3n) is 4.77. The van der Waals surface area contributed by atoms with Gasteiger partial charge in [-0.2, -0.15) is 0 Å². The molecule has 0 spiro atoms. The Labute approximate surface area is 169 Å². The van der Waals surface area contributed by atoms with E-state index in [1.54, 1.807) is 0 Å². The SMILES string of the molecule is CN(CC(=O)Nc1cccc(CS(=O)C2CCOCC2)c1)Cc1ccccc1. The minimum atomic E-state index is -0.911. The first kappa shape index (κ1) is 20.7. The molecule has 2 aromatic rings. The largest absolute Gasteiger partial charge is 0.381 e. The van der Waals surface area contributed by atoms with Crippen LogP contribution in [0.1, 0.15) is 24.0 Å². The van der Waals surface area contributed by atoms with E-state index in [2.05, 4.69) is 17.4 Å². The minimum Gasteiger partial charge on any atom is -0.381 e. The summed E-state index contributed by atoms with van der Waals surface area (Å²) in [5, 5.41) is 3.16. The standard InChI is InChI=1S/C22H28N2O3S/c1-24(15-18-6-3-2-4-7-18)16-22(25)23-20-9-5-8-19(14-20)17-28(26)21-10-12-27-13-11-21/h2-9,14,21H,10-13,15-17H2,1H3,(H,23,25). The highest BCUT2D eigenvalue weighted by molar-refractivity contribution is 7.84. The minimum absolute atomic E-state index is 0.0545. The molecule has 1 N–H and O–H groups in total. The number of carbonyl (C=O) groups is 1. The highest BCUT2D eigenvalue weighted by atomic mass is 32.2. The molecule has 1 atom stereocenters. The van der Waals surface area contributed by atoms with Crippen LogP contribution in [0.3, 0.4) is 0 Å². The number of amides is 1. The van der Waals surface area contributed by atoms with Crippen LogP contribution >= 0.6 is 0 Å². The molecule has 5 nitrogen and oxygen atoms in total. The summed E-state index contributed by atoms with van der Waals surface area (Å²) in [7, 11) is 1.02. The van der Waals surface area contributed by atoms with Crippen LogP contribution in [-0.2, 0) is 32.6 Å². The van der Waals surface area contributed by atoms with Gasteiger partial charge < -0.3 is 10.1 Å². The van der Waals surface area contributed by atoms with Gasteiger partial charge in [-0.15, -0.1) is 0 Å². The van der Waals surface area contributed by atoms with Crippen molar-refractivity contribution >= 4 is 22.4 Å². The number of anilines is 1. The first-order valence-corrected chi connectivity index (χ1v) is 11.0. The maximum atomic E-state index is 12.6. The molecule has 0 saturated carbocycles. The Hall–Kier alpha value is -2.02. The van der Waals surface area contributed by atoms with Gasteiger partial charge in [0.15, 0.2) is 0 Å². The fraction of sp³-hybridized carbons (Fsp3) is 0.409. The van der Waals surface area contributed by atoms with Crippen LogP contribution in [0.2, 0.25) is 0 Å². The lowest BCUT2D eigenvalue weighted by Crippen LogP contribution is -2.29. The number of benzene rings is 2. The van der Waals surface area contributed by atoms with Crippen molar-refractivity contribution in [2.24, 2.45) is 0 Å². The van der Waals surface area contributed by atoms with E-state index in [1.807, 2.05) is 54.4 Å². The van der Waals surface area contributed by atoms with Gasteiger partial charge in [0.05, 0.1) is 6.54 Å². The Morgan fingerprint density at radius 2 is 1.82 bits per heavy atom. The molecule has 1 aliphatic rings. The highest BCUT2D eigenvalue weighted by Gasteiger charge is 2.20. The second-order valence-electron chi connectivity index (χ2n) is 7.24. The van der Waals surface area contributed by atoms with E-state index in [9.17, 15) is 9.00 Å². The third kappa shape index (κ3) is 6.55. The van der Waals surface area contributed by atoms with Crippen LogP contribution < -0.4 is 5.32 Å². The fourth-order valence-corrected chi connectivity index (χ4v) is 4.82. The van der Waals surface area contributed by atoms with E-state index >= 15 is 0 Å². The molecule has 1 fully saturated rings. The van der Waals surface area contributed by atoms with Crippen molar-refractivity contribution in [3.63, 3.8) is 0 Å². The van der Waals surface area contributed by atoms with E-state index in [0.717, 1.165) is 30.6 Å². The number of hydrogen-bond donors (Lipinski definition) is 1. The molecule has 2 aromatic carbocycles. The van der Waals surface area contributed by atoms with Crippen LogP contribution in [0.15, 0.2) is 54.6 Å². The third-order valence-corrected chi connectivity index (χ3v) is 6.60. The van der Waals surface area contributed by atoms with Gasteiger partial charge >= 0.3 is 0 Å². The first-order valence-electron chi connectivity index (χ1n) is 9.66. The normalized spacial score (nSPS) is 16.1. The van der Waals surface area contributed by atoms with Gasteiger partial charge in [-0.3, -0.25) is 13.9 Å². The summed E-state index contributed by atoms with van der Waals surface area (Å²) in [6.45, 7) is 2.43. The topological polar surface area (TPSA) is 58.6 Å². The van der Waals surface area contributed by atoms with E-state index in [4.69, 9.17) is 4.74 Å². The summed E-state index contributed by atoms with van der Waals surface area (Å²) in [4.78, 5) is 14.3. The summed E-state index contributed by atoms with van der Waals surface area (Å²) < 4.78 is 17.9. The number of likely N-dealkylation sites (N-methyl/N-ethyl adjacent to an activating group) is 1. The molecule has 0 radical (unpaired) electrons. The molecule has 1 amide bonds. The average Bonchev–Trinajstić information content (AvgIpc) is 2.69. The molecular formula is C22H28N2O3S. The summed E-state index contributed by atoms with van der Waals surface area (Å²) >= 11 is 0.